The number of carbonyl (C=O) groups excluding carboxylic acids is 2. The second kappa shape index (κ2) is 6.78. The van der Waals surface area contributed by atoms with E-state index in [0.29, 0.717) is 21.2 Å². The van der Waals surface area contributed by atoms with Crippen molar-refractivity contribution in [3.8, 4) is 0 Å². The van der Waals surface area contributed by atoms with Crippen LogP contribution in [0.4, 0.5) is 0 Å². The molecular weight excluding hydrogens is 313 g/mol. The Balaban J connectivity index is 2.12. The van der Waals surface area contributed by atoms with Gasteiger partial charge in [-0.1, -0.05) is 29.3 Å². The number of esters is 1. The minimum Gasteiger partial charge on any atom is -0.461 e. The molecule has 0 amide bonds. The van der Waals surface area contributed by atoms with Crippen molar-refractivity contribution in [1.29, 1.82) is 0 Å². The number of carbonyl (C=O) groups is 2. The number of rotatable bonds is 5. The summed E-state index contributed by atoms with van der Waals surface area (Å²) in [5, 5.41) is 0.958. The highest BCUT2D eigenvalue weighted by Crippen LogP contribution is 2.22. The van der Waals surface area contributed by atoms with Gasteiger partial charge in [-0.05, 0) is 30.7 Å². The maximum absolute atomic E-state index is 12.2. The van der Waals surface area contributed by atoms with E-state index in [1.807, 2.05) is 0 Å². The molecule has 0 bridgehead atoms. The standard InChI is InChI=1S/C15H13Cl2NO3/c1-2-21-15(20)13-5-10(8-18-13)14(19)6-9-3-4-11(16)7-12(9)17/h3-5,7-8,18H,2,6H2,1H3. The van der Waals surface area contributed by atoms with Gasteiger partial charge in [0.05, 0.1) is 6.61 Å². The first-order valence-electron chi connectivity index (χ1n) is 6.34. The second-order valence-electron chi connectivity index (χ2n) is 4.36. The van der Waals surface area contributed by atoms with E-state index in [1.54, 1.807) is 25.1 Å². The van der Waals surface area contributed by atoms with Crippen LogP contribution in [0.15, 0.2) is 30.5 Å². The number of benzene rings is 1. The van der Waals surface area contributed by atoms with Gasteiger partial charge in [0.1, 0.15) is 5.69 Å². The van der Waals surface area contributed by atoms with E-state index in [1.165, 1.54) is 12.3 Å². The highest BCUT2D eigenvalue weighted by Gasteiger charge is 2.15. The molecule has 1 N–H and O–H groups in total. The minimum atomic E-state index is -0.485. The fourth-order valence-corrected chi connectivity index (χ4v) is 2.30. The molecule has 1 heterocycles. The molecule has 0 spiro atoms. The van der Waals surface area contributed by atoms with Crippen molar-refractivity contribution in [2.45, 2.75) is 13.3 Å². The Labute approximate surface area is 132 Å². The number of aromatic nitrogens is 1. The van der Waals surface area contributed by atoms with Gasteiger partial charge in [-0.2, -0.15) is 0 Å². The highest BCUT2D eigenvalue weighted by atomic mass is 35.5. The first kappa shape index (κ1) is 15.6. The molecule has 6 heteroatoms. The van der Waals surface area contributed by atoms with Crippen LogP contribution in [0.2, 0.25) is 10.0 Å². The Morgan fingerprint density at radius 2 is 2.00 bits per heavy atom. The summed E-state index contributed by atoms with van der Waals surface area (Å²) in [6.07, 6.45) is 1.62. The number of H-pyrrole nitrogens is 1. The third-order valence-electron chi connectivity index (χ3n) is 2.87. The molecular formula is C15H13Cl2NO3. The minimum absolute atomic E-state index is 0.135. The Morgan fingerprint density at radius 1 is 1.24 bits per heavy atom. The summed E-state index contributed by atoms with van der Waals surface area (Å²) in [6.45, 7) is 2.00. The number of ketones is 1. The van der Waals surface area contributed by atoms with E-state index in [4.69, 9.17) is 27.9 Å². The lowest BCUT2D eigenvalue weighted by molar-refractivity contribution is 0.0520. The normalized spacial score (nSPS) is 10.4. The van der Waals surface area contributed by atoms with Crippen LogP contribution in [0.5, 0.6) is 0 Å². The molecule has 4 nitrogen and oxygen atoms in total. The molecule has 1 aromatic carbocycles. The van der Waals surface area contributed by atoms with Crippen molar-refractivity contribution >= 4 is 35.0 Å². The molecule has 2 aromatic rings. The summed E-state index contributed by atoms with van der Waals surface area (Å²) in [4.78, 5) is 26.4. The Kier molecular flexibility index (Phi) is 5.04. The summed E-state index contributed by atoms with van der Waals surface area (Å²) in [5.41, 5.74) is 1.34. The summed E-state index contributed by atoms with van der Waals surface area (Å²) >= 11 is 11.9. The lowest BCUT2D eigenvalue weighted by atomic mass is 10.1. The zero-order valence-electron chi connectivity index (χ0n) is 11.3. The van der Waals surface area contributed by atoms with E-state index in [0.717, 1.165) is 0 Å². The maximum atomic E-state index is 12.2. The van der Waals surface area contributed by atoms with E-state index in [-0.39, 0.29) is 24.5 Å². The number of halogens is 2. The molecule has 0 saturated heterocycles. The smallest absolute Gasteiger partial charge is 0.354 e. The average molecular weight is 326 g/mol. The third-order valence-corrected chi connectivity index (χ3v) is 3.45. The van der Waals surface area contributed by atoms with Crippen LogP contribution in [0.1, 0.15) is 33.3 Å². The molecule has 0 aliphatic rings. The van der Waals surface area contributed by atoms with Crippen molar-refractivity contribution < 1.29 is 14.3 Å². The molecule has 21 heavy (non-hydrogen) atoms. The molecule has 110 valence electrons. The zero-order valence-corrected chi connectivity index (χ0v) is 12.8. The number of nitrogens with one attached hydrogen (secondary N) is 1. The van der Waals surface area contributed by atoms with Crippen LogP contribution in [-0.4, -0.2) is 23.3 Å². The fraction of sp³-hybridized carbons (Fsp3) is 0.200. The first-order valence-corrected chi connectivity index (χ1v) is 7.09. The SMILES string of the molecule is CCOC(=O)c1cc(C(=O)Cc2ccc(Cl)cc2Cl)c[nH]1. The van der Waals surface area contributed by atoms with Gasteiger partial charge in [-0.15, -0.1) is 0 Å². The fourth-order valence-electron chi connectivity index (χ4n) is 1.82. The Bertz CT molecular complexity index is 679. The Morgan fingerprint density at radius 3 is 2.67 bits per heavy atom. The van der Waals surface area contributed by atoms with E-state index < -0.39 is 5.97 Å². The molecule has 0 aliphatic heterocycles. The van der Waals surface area contributed by atoms with Gasteiger partial charge >= 0.3 is 5.97 Å². The van der Waals surface area contributed by atoms with Gasteiger partial charge in [0.25, 0.3) is 0 Å². The highest BCUT2D eigenvalue weighted by molar-refractivity contribution is 6.35. The number of Topliss-reactive ketones (excluding diaryl/α,β-unsaturated/α-hetero) is 1. The third kappa shape index (κ3) is 3.86. The Hall–Kier alpha value is -1.78. The van der Waals surface area contributed by atoms with Crippen molar-refractivity contribution in [3.05, 3.63) is 57.3 Å². The van der Waals surface area contributed by atoms with Crippen LogP contribution in [0.3, 0.4) is 0 Å². The van der Waals surface area contributed by atoms with Gasteiger partial charge in [-0.3, -0.25) is 4.79 Å². The van der Waals surface area contributed by atoms with Crippen LogP contribution >= 0.6 is 23.2 Å². The lowest BCUT2D eigenvalue weighted by Crippen LogP contribution is -2.05. The van der Waals surface area contributed by atoms with Gasteiger partial charge in [0.15, 0.2) is 5.78 Å². The van der Waals surface area contributed by atoms with E-state index in [9.17, 15) is 9.59 Å². The van der Waals surface area contributed by atoms with Crippen LogP contribution in [0.25, 0.3) is 0 Å². The van der Waals surface area contributed by atoms with Gasteiger partial charge in [0.2, 0.25) is 0 Å². The van der Waals surface area contributed by atoms with E-state index in [2.05, 4.69) is 4.98 Å². The van der Waals surface area contributed by atoms with Gasteiger partial charge in [-0.25, -0.2) is 4.79 Å². The van der Waals surface area contributed by atoms with Crippen molar-refractivity contribution in [1.82, 2.24) is 4.98 Å². The molecule has 0 unspecified atom stereocenters. The predicted molar refractivity (Wildman–Crippen MR) is 81.2 cm³/mol. The molecule has 0 aliphatic carbocycles. The number of hydrogen-bond donors (Lipinski definition) is 1. The molecule has 0 atom stereocenters. The van der Waals surface area contributed by atoms with Crippen molar-refractivity contribution in [2.24, 2.45) is 0 Å². The van der Waals surface area contributed by atoms with Crippen LogP contribution in [0, 0.1) is 0 Å². The summed E-state index contributed by atoms with van der Waals surface area (Å²) in [7, 11) is 0. The lowest BCUT2D eigenvalue weighted by Gasteiger charge is -2.03. The van der Waals surface area contributed by atoms with Gasteiger partial charge < -0.3 is 9.72 Å². The molecule has 0 fully saturated rings. The second-order valence-corrected chi connectivity index (χ2v) is 5.20. The van der Waals surface area contributed by atoms with E-state index >= 15 is 0 Å². The topological polar surface area (TPSA) is 59.2 Å². The molecule has 0 radical (unpaired) electrons. The van der Waals surface area contributed by atoms with Crippen LogP contribution < -0.4 is 0 Å². The summed E-state index contributed by atoms with van der Waals surface area (Å²) < 4.78 is 4.85. The summed E-state index contributed by atoms with van der Waals surface area (Å²) in [6, 6.07) is 6.45. The van der Waals surface area contributed by atoms with Gasteiger partial charge in [0, 0.05) is 28.2 Å². The maximum Gasteiger partial charge on any atom is 0.354 e. The molecule has 2 rings (SSSR count). The quantitative estimate of drug-likeness (QED) is 0.669. The number of hydrogen-bond acceptors (Lipinski definition) is 3. The molecule has 1 aromatic heterocycles. The summed E-state index contributed by atoms with van der Waals surface area (Å²) in [5.74, 6) is -0.632. The number of aromatic amines is 1. The predicted octanol–water partition coefficient (Wildman–Crippen LogP) is 3.92. The van der Waals surface area contributed by atoms with Crippen molar-refractivity contribution in [2.75, 3.05) is 6.61 Å². The number of ether oxygens (including phenoxy) is 1. The molecule has 0 saturated carbocycles. The zero-order chi connectivity index (χ0) is 15.4. The first-order chi connectivity index (χ1) is 10.0. The average Bonchev–Trinajstić information content (AvgIpc) is 2.92. The van der Waals surface area contributed by atoms with Crippen molar-refractivity contribution in [3.63, 3.8) is 0 Å². The van der Waals surface area contributed by atoms with Crippen LogP contribution in [-0.2, 0) is 11.2 Å². The monoisotopic (exact) mass is 325 g/mol. The largest absolute Gasteiger partial charge is 0.461 e.